The minimum Gasteiger partial charge on any atom is -0.481 e. The van der Waals surface area contributed by atoms with Crippen LogP contribution in [0.25, 0.3) is 22.4 Å². The fourth-order valence-corrected chi connectivity index (χ4v) is 5.02. The third kappa shape index (κ3) is 6.63. The van der Waals surface area contributed by atoms with Crippen molar-refractivity contribution in [1.82, 2.24) is 14.6 Å². The molecule has 1 aliphatic rings. The van der Waals surface area contributed by atoms with E-state index in [1.165, 1.54) is 4.31 Å². The smallest absolute Gasteiger partial charge is 0.303 e. The van der Waals surface area contributed by atoms with E-state index in [1.54, 1.807) is 7.05 Å². The number of aryl methyl sites for hydroxylation is 1. The number of furan rings is 1. The van der Waals surface area contributed by atoms with Gasteiger partial charge in [-0.05, 0) is 50.2 Å². The van der Waals surface area contributed by atoms with Gasteiger partial charge in [-0.2, -0.15) is 4.31 Å². The Balaban J connectivity index is 1.63. The molecule has 1 unspecified atom stereocenters. The molecule has 1 saturated carbocycles. The Morgan fingerprint density at radius 3 is 2.49 bits per heavy atom. The van der Waals surface area contributed by atoms with Gasteiger partial charge in [0, 0.05) is 25.6 Å². The number of amides is 1. The maximum absolute atomic E-state index is 12.9. The van der Waals surface area contributed by atoms with Crippen molar-refractivity contribution in [2.45, 2.75) is 64.3 Å². The highest BCUT2D eigenvalue weighted by Crippen LogP contribution is 2.44. The van der Waals surface area contributed by atoms with Crippen LogP contribution >= 0.6 is 0 Å². The second kappa shape index (κ2) is 12.0. The van der Waals surface area contributed by atoms with E-state index < -0.39 is 17.2 Å². The standard InChI is InChI=1S/C27H33N3O6S/c1-17-8-10-19(11-9-17)25-24(26(33)28-2)21-15-20(18-12-13-18)22(29-27(21)36-25)16-30(37(34)35)14-6-4-3-5-7-23(31)32/h8-11,15,18H,3-7,12-14,16H2,1-2H3,(H,28,33)(H,31,32)(H,34,35). The van der Waals surface area contributed by atoms with E-state index >= 15 is 0 Å². The Morgan fingerprint density at radius 1 is 1.16 bits per heavy atom. The summed E-state index contributed by atoms with van der Waals surface area (Å²) in [6.07, 6.45) is 4.94. The van der Waals surface area contributed by atoms with Gasteiger partial charge in [0.1, 0.15) is 5.76 Å². The lowest BCUT2D eigenvalue weighted by Gasteiger charge is -2.19. The molecule has 198 valence electrons. The second-order valence-electron chi connectivity index (χ2n) is 9.55. The van der Waals surface area contributed by atoms with E-state index in [0.29, 0.717) is 53.4 Å². The molecule has 1 atom stereocenters. The molecule has 2 heterocycles. The molecule has 9 nitrogen and oxygen atoms in total. The summed E-state index contributed by atoms with van der Waals surface area (Å²) < 4.78 is 29.7. The van der Waals surface area contributed by atoms with Crippen molar-refractivity contribution in [3.05, 3.63) is 52.7 Å². The van der Waals surface area contributed by atoms with Gasteiger partial charge in [0.2, 0.25) is 17.0 Å². The zero-order valence-corrected chi connectivity index (χ0v) is 22.0. The third-order valence-corrected chi connectivity index (χ3v) is 7.43. The van der Waals surface area contributed by atoms with Gasteiger partial charge in [0.15, 0.2) is 0 Å². The number of aromatic nitrogens is 1. The van der Waals surface area contributed by atoms with Crippen molar-refractivity contribution in [3.8, 4) is 11.3 Å². The van der Waals surface area contributed by atoms with Gasteiger partial charge in [-0.1, -0.05) is 42.7 Å². The number of hydrogen-bond acceptors (Lipinski definition) is 5. The van der Waals surface area contributed by atoms with E-state index in [9.17, 15) is 18.4 Å². The predicted octanol–water partition coefficient (Wildman–Crippen LogP) is 5.01. The van der Waals surface area contributed by atoms with Crippen LogP contribution in [-0.2, 0) is 22.6 Å². The molecule has 1 aliphatic carbocycles. The Morgan fingerprint density at radius 2 is 1.86 bits per heavy atom. The predicted molar refractivity (Wildman–Crippen MR) is 141 cm³/mol. The topological polar surface area (TPSA) is 133 Å². The normalized spacial score (nSPS) is 14.3. The fourth-order valence-electron chi connectivity index (χ4n) is 4.51. The number of rotatable bonds is 13. The number of carbonyl (C=O) groups is 2. The van der Waals surface area contributed by atoms with E-state index in [0.717, 1.165) is 42.4 Å². The Kier molecular flexibility index (Phi) is 8.73. The molecular formula is C27H33N3O6S. The van der Waals surface area contributed by atoms with Crippen molar-refractivity contribution in [2.75, 3.05) is 13.6 Å². The van der Waals surface area contributed by atoms with Gasteiger partial charge in [-0.3, -0.25) is 14.1 Å². The maximum Gasteiger partial charge on any atom is 0.303 e. The van der Waals surface area contributed by atoms with Gasteiger partial charge in [0.25, 0.3) is 5.91 Å². The lowest BCUT2D eigenvalue weighted by atomic mass is 10.0. The Hall–Kier alpha value is -3.08. The van der Waals surface area contributed by atoms with Crippen LogP contribution in [0.4, 0.5) is 0 Å². The number of carboxylic acids is 1. The SMILES string of the molecule is CNC(=O)c1c(-c2ccc(C)cc2)oc2nc(CN(CCCCCCC(=O)O)S(=O)O)c(C3CC3)cc12. The van der Waals surface area contributed by atoms with E-state index in [4.69, 9.17) is 14.5 Å². The number of pyridine rings is 1. The molecule has 3 N–H and O–H groups in total. The number of unbranched alkanes of at least 4 members (excludes halogenated alkanes) is 3. The largest absolute Gasteiger partial charge is 0.481 e. The first-order valence-electron chi connectivity index (χ1n) is 12.6. The zero-order chi connectivity index (χ0) is 26.5. The fraction of sp³-hybridized carbons (Fsp3) is 0.444. The van der Waals surface area contributed by atoms with E-state index in [1.807, 2.05) is 37.3 Å². The summed E-state index contributed by atoms with van der Waals surface area (Å²) in [6.45, 7) is 2.55. The van der Waals surface area contributed by atoms with Gasteiger partial charge in [-0.25, -0.2) is 9.19 Å². The minimum atomic E-state index is -2.19. The Labute approximate surface area is 218 Å². The van der Waals surface area contributed by atoms with Crippen molar-refractivity contribution in [2.24, 2.45) is 0 Å². The van der Waals surface area contributed by atoms with Crippen LogP contribution in [0, 0.1) is 6.92 Å². The molecule has 0 radical (unpaired) electrons. The third-order valence-electron chi connectivity index (χ3n) is 6.68. The quantitative estimate of drug-likeness (QED) is 0.210. The number of hydrogen-bond donors (Lipinski definition) is 3. The first kappa shape index (κ1) is 27.0. The van der Waals surface area contributed by atoms with Crippen molar-refractivity contribution >= 4 is 34.2 Å². The van der Waals surface area contributed by atoms with Crippen molar-refractivity contribution in [3.63, 3.8) is 0 Å². The van der Waals surface area contributed by atoms with Gasteiger partial charge >= 0.3 is 5.97 Å². The number of fused-ring (bicyclic) bond motifs is 1. The summed E-state index contributed by atoms with van der Waals surface area (Å²) in [5, 5.41) is 12.1. The Bertz CT molecular complexity index is 1300. The summed E-state index contributed by atoms with van der Waals surface area (Å²) in [5.41, 5.74) is 4.29. The zero-order valence-electron chi connectivity index (χ0n) is 21.2. The molecule has 0 saturated heterocycles. The van der Waals surface area contributed by atoms with Crippen LogP contribution in [0.1, 0.15) is 78.0 Å². The number of aliphatic carboxylic acids is 1. The van der Waals surface area contributed by atoms with Crippen LogP contribution in [-0.4, -0.2) is 48.6 Å². The molecule has 0 aliphatic heterocycles. The molecule has 1 amide bonds. The summed E-state index contributed by atoms with van der Waals surface area (Å²) in [6, 6.07) is 9.71. The van der Waals surface area contributed by atoms with Crippen LogP contribution in [0.5, 0.6) is 0 Å². The first-order chi connectivity index (χ1) is 17.8. The second-order valence-corrected chi connectivity index (χ2v) is 10.5. The highest BCUT2D eigenvalue weighted by atomic mass is 32.2. The average Bonchev–Trinajstić information content (AvgIpc) is 3.65. The van der Waals surface area contributed by atoms with E-state index in [2.05, 4.69) is 5.32 Å². The van der Waals surface area contributed by atoms with Crippen LogP contribution in [0.15, 0.2) is 34.7 Å². The average molecular weight is 528 g/mol. The summed E-state index contributed by atoms with van der Waals surface area (Å²) in [7, 11) is 1.58. The molecule has 37 heavy (non-hydrogen) atoms. The summed E-state index contributed by atoms with van der Waals surface area (Å²) >= 11 is -2.19. The van der Waals surface area contributed by atoms with Crippen molar-refractivity contribution in [1.29, 1.82) is 0 Å². The van der Waals surface area contributed by atoms with Crippen molar-refractivity contribution < 1.29 is 27.9 Å². The molecular weight excluding hydrogens is 494 g/mol. The van der Waals surface area contributed by atoms with Gasteiger partial charge in [-0.15, -0.1) is 0 Å². The number of benzene rings is 1. The highest BCUT2D eigenvalue weighted by Gasteiger charge is 2.31. The summed E-state index contributed by atoms with van der Waals surface area (Å²) in [4.78, 5) is 28.4. The molecule has 0 spiro atoms. The van der Waals surface area contributed by atoms with Crippen LogP contribution < -0.4 is 5.32 Å². The van der Waals surface area contributed by atoms with Gasteiger partial charge < -0.3 is 14.8 Å². The van der Waals surface area contributed by atoms with Gasteiger partial charge in [0.05, 0.1) is 23.2 Å². The first-order valence-corrected chi connectivity index (χ1v) is 13.7. The van der Waals surface area contributed by atoms with E-state index in [-0.39, 0.29) is 18.9 Å². The molecule has 1 fully saturated rings. The molecule has 10 heteroatoms. The monoisotopic (exact) mass is 527 g/mol. The van der Waals surface area contributed by atoms with Crippen LogP contribution in [0.3, 0.4) is 0 Å². The maximum atomic E-state index is 12.9. The minimum absolute atomic E-state index is 0.135. The lowest BCUT2D eigenvalue weighted by Crippen LogP contribution is -2.27. The molecule has 1 aromatic carbocycles. The highest BCUT2D eigenvalue weighted by molar-refractivity contribution is 7.76. The van der Waals surface area contributed by atoms with Crippen LogP contribution in [0.2, 0.25) is 0 Å². The lowest BCUT2D eigenvalue weighted by molar-refractivity contribution is -0.137. The number of nitrogens with zero attached hydrogens (tertiary/aromatic N) is 2. The summed E-state index contributed by atoms with van der Waals surface area (Å²) in [5.74, 6) is -0.321. The molecule has 3 aromatic rings. The number of nitrogens with one attached hydrogen (secondary N) is 1. The molecule has 4 rings (SSSR count). The number of carbonyl (C=O) groups excluding carboxylic acids is 1. The molecule has 2 aromatic heterocycles. The molecule has 0 bridgehead atoms. The number of carboxylic acid groups (broad SMARTS) is 1.